The van der Waals surface area contributed by atoms with Crippen molar-refractivity contribution >= 4 is 11.9 Å². The van der Waals surface area contributed by atoms with Gasteiger partial charge in [-0.15, -0.1) is 0 Å². The highest BCUT2D eigenvalue weighted by atomic mass is 16.5. The predicted molar refractivity (Wildman–Crippen MR) is 69.7 cm³/mol. The van der Waals surface area contributed by atoms with Gasteiger partial charge in [0.15, 0.2) is 6.04 Å². The van der Waals surface area contributed by atoms with Crippen LogP contribution in [0.25, 0.3) is 0 Å². The number of carbonyl (C=O) groups excluding carboxylic acids is 2. The number of hydrogen-bond donors (Lipinski definition) is 2. The van der Waals surface area contributed by atoms with Gasteiger partial charge in [-0.25, -0.2) is 9.59 Å². The summed E-state index contributed by atoms with van der Waals surface area (Å²) in [6.45, 7) is 0.613. The molecule has 0 saturated carbocycles. The first-order valence-corrected chi connectivity index (χ1v) is 6.29. The molecule has 1 saturated heterocycles. The van der Waals surface area contributed by atoms with Gasteiger partial charge in [0, 0.05) is 18.3 Å². The number of hydrogen-bond acceptors (Lipinski definition) is 6. The predicted octanol–water partition coefficient (Wildman–Crippen LogP) is -1.99. The van der Waals surface area contributed by atoms with E-state index in [-0.39, 0.29) is 25.3 Å². The monoisotopic (exact) mass is 297 g/mol. The Morgan fingerprint density at radius 3 is 2.86 bits per heavy atom. The van der Waals surface area contributed by atoms with Gasteiger partial charge in [-0.05, 0) is 0 Å². The van der Waals surface area contributed by atoms with Crippen LogP contribution in [0.4, 0.5) is 0 Å². The highest BCUT2D eigenvalue weighted by Gasteiger charge is 2.33. The second-order valence-corrected chi connectivity index (χ2v) is 4.49. The average molecular weight is 297 g/mol. The van der Waals surface area contributed by atoms with E-state index in [1.807, 2.05) is 4.98 Å². The first-order valence-electron chi connectivity index (χ1n) is 6.29. The number of H-pyrrole nitrogens is 2. The lowest BCUT2D eigenvalue weighted by Crippen LogP contribution is -2.53. The maximum Gasteiger partial charge on any atom is 0.331 e. The Bertz CT molecular complexity index is 621. The topological polar surface area (TPSA) is 122 Å². The highest BCUT2D eigenvalue weighted by Crippen LogP contribution is 2.10. The molecule has 2 rings (SSSR count). The van der Waals surface area contributed by atoms with Crippen LogP contribution >= 0.6 is 0 Å². The number of carbonyl (C=O) groups is 2. The van der Waals surface area contributed by atoms with E-state index in [1.54, 1.807) is 0 Å². The standard InChI is InChI=1S/C12H15N3O6/c1-20-11(18)8-6-21-3-2-15(8)10(17)5-7-4-9(16)14-12(19)13-7/h4,8H,2-3,5-6H2,1H3,(H2,13,14,16,19). The molecule has 1 aliphatic rings. The van der Waals surface area contributed by atoms with Crippen LogP contribution in [-0.2, 0) is 25.5 Å². The van der Waals surface area contributed by atoms with Crippen LogP contribution in [0.1, 0.15) is 5.69 Å². The van der Waals surface area contributed by atoms with Crippen molar-refractivity contribution in [2.75, 3.05) is 26.9 Å². The van der Waals surface area contributed by atoms with Gasteiger partial charge in [0.05, 0.1) is 26.7 Å². The van der Waals surface area contributed by atoms with E-state index in [2.05, 4.69) is 9.72 Å². The number of morpholine rings is 1. The Kier molecular flexibility index (Phi) is 4.53. The van der Waals surface area contributed by atoms with Crippen molar-refractivity contribution in [1.82, 2.24) is 14.9 Å². The molecule has 2 heterocycles. The lowest BCUT2D eigenvalue weighted by molar-refractivity contribution is -0.160. The van der Waals surface area contributed by atoms with E-state index in [0.29, 0.717) is 6.61 Å². The molecule has 9 nitrogen and oxygen atoms in total. The number of nitrogens with one attached hydrogen (secondary N) is 2. The molecule has 1 aromatic rings. The van der Waals surface area contributed by atoms with Crippen LogP contribution in [0.2, 0.25) is 0 Å². The smallest absolute Gasteiger partial charge is 0.331 e. The third-order valence-electron chi connectivity index (χ3n) is 3.08. The molecule has 0 spiro atoms. The third-order valence-corrected chi connectivity index (χ3v) is 3.08. The zero-order valence-electron chi connectivity index (χ0n) is 11.4. The van der Waals surface area contributed by atoms with Crippen LogP contribution in [0, 0.1) is 0 Å². The first-order chi connectivity index (χ1) is 10.0. The molecule has 21 heavy (non-hydrogen) atoms. The Morgan fingerprint density at radius 2 is 2.19 bits per heavy atom. The molecule has 1 unspecified atom stereocenters. The fourth-order valence-corrected chi connectivity index (χ4v) is 2.11. The van der Waals surface area contributed by atoms with E-state index < -0.39 is 29.2 Å². The molecule has 1 amide bonds. The molecule has 2 N–H and O–H groups in total. The number of nitrogens with zero attached hydrogens (tertiary/aromatic N) is 1. The number of rotatable bonds is 3. The summed E-state index contributed by atoms with van der Waals surface area (Å²) in [5.41, 5.74) is -1.09. The van der Waals surface area contributed by atoms with Crippen LogP contribution in [-0.4, -0.2) is 59.7 Å². The quantitative estimate of drug-likeness (QED) is 0.623. The molecule has 114 valence electrons. The summed E-state index contributed by atoms with van der Waals surface area (Å²) in [6, 6.07) is 0.317. The van der Waals surface area contributed by atoms with Crippen molar-refractivity contribution in [3.63, 3.8) is 0 Å². The van der Waals surface area contributed by atoms with E-state index in [1.165, 1.54) is 12.0 Å². The van der Waals surface area contributed by atoms with Gasteiger partial charge in [-0.1, -0.05) is 0 Å². The zero-order chi connectivity index (χ0) is 15.4. The second-order valence-electron chi connectivity index (χ2n) is 4.49. The zero-order valence-corrected chi connectivity index (χ0v) is 11.4. The van der Waals surface area contributed by atoms with Crippen molar-refractivity contribution < 1.29 is 19.1 Å². The van der Waals surface area contributed by atoms with Crippen molar-refractivity contribution in [2.45, 2.75) is 12.5 Å². The van der Waals surface area contributed by atoms with Gasteiger partial charge in [0.25, 0.3) is 5.56 Å². The fraction of sp³-hybridized carbons (Fsp3) is 0.500. The van der Waals surface area contributed by atoms with E-state index in [0.717, 1.165) is 6.07 Å². The van der Waals surface area contributed by atoms with Crippen LogP contribution in [0.3, 0.4) is 0 Å². The Labute approximate surface area is 118 Å². The molecule has 1 atom stereocenters. The van der Waals surface area contributed by atoms with Crippen LogP contribution in [0.5, 0.6) is 0 Å². The van der Waals surface area contributed by atoms with Gasteiger partial charge in [-0.2, -0.15) is 0 Å². The molecule has 0 radical (unpaired) electrons. The Morgan fingerprint density at radius 1 is 1.43 bits per heavy atom. The minimum atomic E-state index is -0.815. The first kappa shape index (κ1) is 15.0. The molecule has 9 heteroatoms. The summed E-state index contributed by atoms with van der Waals surface area (Å²) in [6.07, 6.45) is -0.188. The molecular formula is C12H15N3O6. The van der Waals surface area contributed by atoms with Crippen LogP contribution < -0.4 is 11.2 Å². The molecule has 0 bridgehead atoms. The normalized spacial score (nSPS) is 18.3. The second kappa shape index (κ2) is 6.35. The maximum absolute atomic E-state index is 12.2. The highest BCUT2D eigenvalue weighted by molar-refractivity contribution is 5.85. The molecule has 1 aromatic heterocycles. The third kappa shape index (κ3) is 3.57. The summed E-state index contributed by atoms with van der Waals surface area (Å²) in [5, 5.41) is 0. The number of methoxy groups -OCH3 is 1. The molecule has 0 aliphatic carbocycles. The van der Waals surface area contributed by atoms with Crippen molar-refractivity contribution in [3.05, 3.63) is 32.6 Å². The summed E-state index contributed by atoms with van der Waals surface area (Å²) >= 11 is 0. The molecule has 0 aromatic carbocycles. The van der Waals surface area contributed by atoms with Gasteiger partial charge in [0.1, 0.15) is 0 Å². The number of aromatic amines is 2. The van der Waals surface area contributed by atoms with Gasteiger partial charge < -0.3 is 19.4 Å². The fourth-order valence-electron chi connectivity index (χ4n) is 2.11. The minimum absolute atomic E-state index is 0.0598. The number of esters is 1. The van der Waals surface area contributed by atoms with E-state index >= 15 is 0 Å². The number of amides is 1. The molecule has 1 fully saturated rings. The van der Waals surface area contributed by atoms with Crippen molar-refractivity contribution in [2.24, 2.45) is 0 Å². The summed E-state index contributed by atoms with van der Waals surface area (Å²) < 4.78 is 9.80. The van der Waals surface area contributed by atoms with Gasteiger partial charge in [0.2, 0.25) is 5.91 Å². The van der Waals surface area contributed by atoms with Crippen LogP contribution in [0.15, 0.2) is 15.7 Å². The summed E-state index contributed by atoms with van der Waals surface area (Å²) in [7, 11) is 1.23. The Balaban J connectivity index is 2.15. The minimum Gasteiger partial charge on any atom is -0.467 e. The van der Waals surface area contributed by atoms with Gasteiger partial charge >= 0.3 is 11.7 Å². The number of aromatic nitrogens is 2. The lowest BCUT2D eigenvalue weighted by atomic mass is 10.2. The average Bonchev–Trinajstić information content (AvgIpc) is 2.45. The largest absolute Gasteiger partial charge is 0.467 e. The van der Waals surface area contributed by atoms with Gasteiger partial charge in [-0.3, -0.25) is 14.6 Å². The van der Waals surface area contributed by atoms with Crippen molar-refractivity contribution in [3.8, 4) is 0 Å². The number of ether oxygens (including phenoxy) is 2. The summed E-state index contributed by atoms with van der Waals surface area (Å²) in [5.74, 6) is -0.961. The molecule has 1 aliphatic heterocycles. The van der Waals surface area contributed by atoms with E-state index in [4.69, 9.17) is 4.74 Å². The Hall–Kier alpha value is -2.42. The lowest BCUT2D eigenvalue weighted by Gasteiger charge is -2.33. The SMILES string of the molecule is COC(=O)C1COCCN1C(=O)Cc1cc(=O)[nH]c(=O)[nH]1. The van der Waals surface area contributed by atoms with Crippen molar-refractivity contribution in [1.29, 1.82) is 0 Å². The summed E-state index contributed by atoms with van der Waals surface area (Å²) in [4.78, 5) is 51.9. The van der Waals surface area contributed by atoms with E-state index in [9.17, 15) is 19.2 Å². The molecular weight excluding hydrogens is 282 g/mol. The maximum atomic E-state index is 12.2.